The van der Waals surface area contributed by atoms with Crippen LogP contribution in [0, 0.1) is 0 Å². The summed E-state index contributed by atoms with van der Waals surface area (Å²) < 4.78 is 22.6. The van der Waals surface area contributed by atoms with Crippen molar-refractivity contribution in [3.63, 3.8) is 0 Å². The number of aromatic nitrogens is 2. The number of esters is 1. The van der Waals surface area contributed by atoms with Crippen LogP contribution in [-0.2, 0) is 9.53 Å². The van der Waals surface area contributed by atoms with Crippen LogP contribution in [0.25, 0.3) is 5.69 Å². The van der Waals surface area contributed by atoms with Crippen LogP contribution in [0.1, 0.15) is 17.4 Å². The summed E-state index contributed by atoms with van der Waals surface area (Å²) in [4.78, 5) is 25.0. The van der Waals surface area contributed by atoms with Crippen LogP contribution in [-0.4, -0.2) is 41.7 Å². The largest absolute Gasteiger partial charge is 0.493 e. The molecule has 1 atom stereocenters. The summed E-state index contributed by atoms with van der Waals surface area (Å²) in [6.45, 7) is 1.61. The second-order valence-electron chi connectivity index (χ2n) is 6.43. The van der Waals surface area contributed by atoms with E-state index >= 15 is 0 Å². The van der Waals surface area contributed by atoms with Gasteiger partial charge in [-0.2, -0.15) is 5.10 Å². The SMILES string of the molecule is COc1cn(-c2ccccc2)nc1C(=O)O[C@H](C)C(=O)Nc1ccc2c(c1)OCO2. The van der Waals surface area contributed by atoms with Crippen molar-refractivity contribution in [2.45, 2.75) is 13.0 Å². The molecular formula is C21H19N3O6. The Bertz CT molecular complexity index is 1080. The third-order valence-corrected chi connectivity index (χ3v) is 4.41. The average Bonchev–Trinajstić information content (AvgIpc) is 3.40. The number of rotatable bonds is 6. The smallest absolute Gasteiger partial charge is 0.363 e. The van der Waals surface area contributed by atoms with Crippen molar-refractivity contribution in [3.8, 4) is 22.9 Å². The average molecular weight is 409 g/mol. The van der Waals surface area contributed by atoms with E-state index in [2.05, 4.69) is 10.4 Å². The van der Waals surface area contributed by atoms with Gasteiger partial charge in [-0.15, -0.1) is 0 Å². The van der Waals surface area contributed by atoms with Crippen molar-refractivity contribution in [3.05, 3.63) is 60.4 Å². The molecule has 1 aliphatic rings. The molecule has 9 heteroatoms. The number of carbonyl (C=O) groups excluding carboxylic acids is 2. The summed E-state index contributed by atoms with van der Waals surface area (Å²) in [7, 11) is 1.43. The summed E-state index contributed by atoms with van der Waals surface area (Å²) in [5, 5.41) is 6.92. The summed E-state index contributed by atoms with van der Waals surface area (Å²) >= 11 is 0. The summed E-state index contributed by atoms with van der Waals surface area (Å²) in [6.07, 6.45) is 0.512. The van der Waals surface area contributed by atoms with E-state index < -0.39 is 18.0 Å². The molecule has 1 amide bonds. The lowest BCUT2D eigenvalue weighted by molar-refractivity contribution is -0.123. The number of anilines is 1. The van der Waals surface area contributed by atoms with Crippen LogP contribution in [0.15, 0.2) is 54.7 Å². The Morgan fingerprint density at radius 2 is 1.90 bits per heavy atom. The Balaban J connectivity index is 1.44. The first kappa shape index (κ1) is 19.3. The highest BCUT2D eigenvalue weighted by atomic mass is 16.7. The number of hydrogen-bond acceptors (Lipinski definition) is 7. The van der Waals surface area contributed by atoms with Crippen molar-refractivity contribution in [1.82, 2.24) is 9.78 Å². The van der Waals surface area contributed by atoms with E-state index in [1.165, 1.54) is 18.7 Å². The summed E-state index contributed by atoms with van der Waals surface area (Å²) in [6, 6.07) is 14.2. The molecule has 2 aromatic carbocycles. The topological polar surface area (TPSA) is 101 Å². The van der Waals surface area contributed by atoms with Gasteiger partial charge in [-0.3, -0.25) is 4.79 Å². The van der Waals surface area contributed by atoms with Crippen molar-refractivity contribution >= 4 is 17.6 Å². The van der Waals surface area contributed by atoms with Gasteiger partial charge in [0.05, 0.1) is 19.0 Å². The van der Waals surface area contributed by atoms with Gasteiger partial charge in [0.15, 0.2) is 23.4 Å². The maximum absolute atomic E-state index is 12.6. The normalized spacial score (nSPS) is 12.9. The zero-order chi connectivity index (χ0) is 21.1. The van der Waals surface area contributed by atoms with Crippen molar-refractivity contribution in [2.75, 3.05) is 19.2 Å². The molecule has 4 rings (SSSR count). The van der Waals surface area contributed by atoms with Crippen LogP contribution in [0.5, 0.6) is 17.2 Å². The van der Waals surface area contributed by atoms with Gasteiger partial charge >= 0.3 is 5.97 Å². The minimum absolute atomic E-state index is 0.0240. The van der Waals surface area contributed by atoms with Crippen LogP contribution >= 0.6 is 0 Å². The predicted molar refractivity (Wildman–Crippen MR) is 106 cm³/mol. The third-order valence-electron chi connectivity index (χ3n) is 4.41. The minimum Gasteiger partial charge on any atom is -0.493 e. The number of nitrogens with zero attached hydrogens (tertiary/aromatic N) is 2. The number of benzene rings is 2. The van der Waals surface area contributed by atoms with Gasteiger partial charge in [0.2, 0.25) is 12.5 Å². The Kier molecular flexibility index (Phi) is 5.25. The Morgan fingerprint density at radius 1 is 1.13 bits per heavy atom. The first-order chi connectivity index (χ1) is 14.5. The molecule has 30 heavy (non-hydrogen) atoms. The highest BCUT2D eigenvalue weighted by Gasteiger charge is 2.25. The fourth-order valence-electron chi connectivity index (χ4n) is 2.85. The molecule has 3 aromatic rings. The Hall–Kier alpha value is -4.01. The molecule has 0 radical (unpaired) electrons. The van der Waals surface area contributed by atoms with Gasteiger partial charge < -0.3 is 24.3 Å². The van der Waals surface area contributed by atoms with Crippen molar-refractivity contribution in [1.29, 1.82) is 0 Å². The molecule has 0 aliphatic carbocycles. The monoisotopic (exact) mass is 409 g/mol. The molecule has 0 saturated carbocycles. The zero-order valence-corrected chi connectivity index (χ0v) is 16.3. The number of amides is 1. The fourth-order valence-corrected chi connectivity index (χ4v) is 2.85. The maximum atomic E-state index is 12.6. The first-order valence-electron chi connectivity index (χ1n) is 9.15. The molecule has 154 valence electrons. The molecule has 9 nitrogen and oxygen atoms in total. The molecule has 1 aromatic heterocycles. The lowest BCUT2D eigenvalue weighted by Crippen LogP contribution is -2.30. The number of ether oxygens (including phenoxy) is 4. The number of hydrogen-bond donors (Lipinski definition) is 1. The predicted octanol–water partition coefficient (Wildman–Crippen LogP) is 2.79. The van der Waals surface area contributed by atoms with E-state index in [-0.39, 0.29) is 18.2 Å². The van der Waals surface area contributed by atoms with Crippen LogP contribution < -0.4 is 19.5 Å². The quantitative estimate of drug-likeness (QED) is 0.625. The molecular weight excluding hydrogens is 390 g/mol. The lowest BCUT2D eigenvalue weighted by atomic mass is 10.2. The standard InChI is InChI=1S/C21H19N3O6/c1-13(20(25)22-14-8-9-16-17(10-14)29-12-28-16)30-21(26)19-18(27-2)11-24(23-19)15-6-4-3-5-7-15/h3-11,13H,12H2,1-2H3,(H,22,25)/t13-/m1/s1. The lowest BCUT2D eigenvalue weighted by Gasteiger charge is -2.13. The molecule has 0 bridgehead atoms. The summed E-state index contributed by atoms with van der Waals surface area (Å²) in [5.41, 5.74) is 1.23. The van der Waals surface area contributed by atoms with Crippen molar-refractivity contribution < 1.29 is 28.5 Å². The summed E-state index contributed by atoms with van der Waals surface area (Å²) in [5.74, 6) is 0.119. The van der Waals surface area contributed by atoms with Gasteiger partial charge in [-0.1, -0.05) is 18.2 Å². The zero-order valence-electron chi connectivity index (χ0n) is 16.3. The Labute approximate surface area is 172 Å². The van der Waals surface area contributed by atoms with Gasteiger partial charge in [0.1, 0.15) is 0 Å². The molecule has 2 heterocycles. The molecule has 0 fully saturated rings. The Morgan fingerprint density at radius 3 is 2.67 bits per heavy atom. The molecule has 0 saturated heterocycles. The fraction of sp³-hybridized carbons (Fsp3) is 0.190. The van der Waals surface area contributed by atoms with Gasteiger partial charge in [-0.05, 0) is 31.2 Å². The van der Waals surface area contributed by atoms with E-state index in [4.69, 9.17) is 18.9 Å². The van der Waals surface area contributed by atoms with E-state index in [1.54, 1.807) is 24.4 Å². The van der Waals surface area contributed by atoms with Gasteiger partial charge in [0.25, 0.3) is 5.91 Å². The van der Waals surface area contributed by atoms with E-state index in [1.807, 2.05) is 30.3 Å². The highest BCUT2D eigenvalue weighted by molar-refractivity contribution is 5.97. The van der Waals surface area contributed by atoms with E-state index in [0.29, 0.717) is 17.2 Å². The number of nitrogens with one attached hydrogen (secondary N) is 1. The number of fused-ring (bicyclic) bond motifs is 1. The highest BCUT2D eigenvalue weighted by Crippen LogP contribution is 2.34. The molecule has 1 aliphatic heterocycles. The molecule has 0 spiro atoms. The van der Waals surface area contributed by atoms with Crippen LogP contribution in [0.3, 0.4) is 0 Å². The molecule has 1 N–H and O–H groups in total. The van der Waals surface area contributed by atoms with E-state index in [0.717, 1.165) is 5.69 Å². The number of para-hydroxylation sites is 1. The van der Waals surface area contributed by atoms with Crippen LogP contribution in [0.2, 0.25) is 0 Å². The minimum atomic E-state index is -1.06. The maximum Gasteiger partial charge on any atom is 0.363 e. The second-order valence-corrected chi connectivity index (χ2v) is 6.43. The second kappa shape index (κ2) is 8.16. The van der Waals surface area contributed by atoms with E-state index in [9.17, 15) is 9.59 Å². The third kappa shape index (κ3) is 3.90. The molecule has 0 unspecified atom stereocenters. The van der Waals surface area contributed by atoms with Gasteiger partial charge in [0, 0.05) is 11.8 Å². The number of methoxy groups -OCH3 is 1. The van der Waals surface area contributed by atoms with Gasteiger partial charge in [-0.25, -0.2) is 9.48 Å². The number of carbonyl (C=O) groups is 2. The first-order valence-corrected chi connectivity index (χ1v) is 9.15. The van der Waals surface area contributed by atoms with Crippen LogP contribution in [0.4, 0.5) is 5.69 Å². The van der Waals surface area contributed by atoms with Crippen molar-refractivity contribution in [2.24, 2.45) is 0 Å².